The summed E-state index contributed by atoms with van der Waals surface area (Å²) >= 11 is 1.71. The van der Waals surface area contributed by atoms with Gasteiger partial charge in [0.05, 0.1) is 0 Å². The molecule has 0 bridgehead atoms. The van der Waals surface area contributed by atoms with Crippen molar-refractivity contribution in [3.05, 3.63) is 35.2 Å². The molecular formula is C14H17NO2S. The molecule has 2 aromatic rings. The molecule has 2 rings (SSSR count). The van der Waals surface area contributed by atoms with Gasteiger partial charge in [0.25, 0.3) is 0 Å². The van der Waals surface area contributed by atoms with Gasteiger partial charge in [0.1, 0.15) is 6.04 Å². The van der Waals surface area contributed by atoms with Gasteiger partial charge in [-0.1, -0.05) is 25.1 Å². The molecule has 1 unspecified atom stereocenters. The Morgan fingerprint density at radius 3 is 2.83 bits per heavy atom. The van der Waals surface area contributed by atoms with Crippen molar-refractivity contribution in [2.24, 2.45) is 0 Å². The van der Waals surface area contributed by atoms with E-state index in [1.54, 1.807) is 11.3 Å². The summed E-state index contributed by atoms with van der Waals surface area (Å²) in [5.41, 5.74) is 1.21. The number of thiophene rings is 1. The Labute approximate surface area is 111 Å². The van der Waals surface area contributed by atoms with Crippen LogP contribution in [0.2, 0.25) is 0 Å². The molecule has 4 heteroatoms. The fourth-order valence-electron chi connectivity index (χ4n) is 2.21. The number of aliphatic carboxylic acids is 1. The maximum absolute atomic E-state index is 11.1. The minimum absolute atomic E-state index is 0.413. The van der Waals surface area contributed by atoms with Crippen molar-refractivity contribution in [2.75, 3.05) is 7.05 Å². The maximum Gasteiger partial charge on any atom is 0.320 e. The van der Waals surface area contributed by atoms with Gasteiger partial charge in [0.2, 0.25) is 0 Å². The molecule has 0 aliphatic rings. The van der Waals surface area contributed by atoms with Crippen molar-refractivity contribution < 1.29 is 9.90 Å². The van der Waals surface area contributed by atoms with Crippen LogP contribution in [-0.2, 0) is 11.3 Å². The standard InChI is InChI=1S/C14H17NO2S/c1-3-12(14(16)17)15(2)8-10-9-18-13-7-5-4-6-11(10)13/h4-7,9,12H,3,8H2,1-2H3,(H,16,17). The highest BCUT2D eigenvalue weighted by molar-refractivity contribution is 7.17. The Morgan fingerprint density at radius 2 is 2.17 bits per heavy atom. The van der Waals surface area contributed by atoms with Gasteiger partial charge in [0.15, 0.2) is 0 Å². The smallest absolute Gasteiger partial charge is 0.320 e. The van der Waals surface area contributed by atoms with Crippen molar-refractivity contribution in [3.63, 3.8) is 0 Å². The first-order chi connectivity index (χ1) is 8.63. The number of nitrogens with zero attached hydrogens (tertiary/aromatic N) is 1. The highest BCUT2D eigenvalue weighted by atomic mass is 32.1. The van der Waals surface area contributed by atoms with Crippen LogP contribution in [-0.4, -0.2) is 29.1 Å². The Balaban J connectivity index is 2.21. The summed E-state index contributed by atoms with van der Waals surface area (Å²) in [6.07, 6.45) is 0.619. The number of fused-ring (bicyclic) bond motifs is 1. The molecule has 1 aromatic carbocycles. The first kappa shape index (κ1) is 13.1. The molecule has 0 saturated heterocycles. The van der Waals surface area contributed by atoms with Crippen LogP contribution in [0, 0.1) is 0 Å². The lowest BCUT2D eigenvalue weighted by molar-refractivity contribution is -0.143. The van der Waals surface area contributed by atoms with E-state index in [0.717, 1.165) is 0 Å². The largest absolute Gasteiger partial charge is 0.480 e. The fraction of sp³-hybridized carbons (Fsp3) is 0.357. The number of carboxylic acid groups (broad SMARTS) is 1. The van der Waals surface area contributed by atoms with Crippen LogP contribution in [0.5, 0.6) is 0 Å². The Bertz CT molecular complexity index is 549. The average Bonchev–Trinajstić information content (AvgIpc) is 2.73. The minimum Gasteiger partial charge on any atom is -0.480 e. The molecule has 0 saturated carbocycles. The molecule has 1 heterocycles. The summed E-state index contributed by atoms with van der Waals surface area (Å²) < 4.78 is 1.25. The third-order valence-electron chi connectivity index (χ3n) is 3.18. The van der Waals surface area contributed by atoms with E-state index in [4.69, 9.17) is 5.11 Å². The van der Waals surface area contributed by atoms with Crippen LogP contribution in [0.25, 0.3) is 10.1 Å². The summed E-state index contributed by atoms with van der Waals surface area (Å²) in [6, 6.07) is 7.82. The molecule has 0 spiro atoms. The lowest BCUT2D eigenvalue weighted by atomic mass is 10.1. The molecule has 0 aliphatic heterocycles. The van der Waals surface area contributed by atoms with Crippen LogP contribution in [0.15, 0.2) is 29.6 Å². The highest BCUT2D eigenvalue weighted by Gasteiger charge is 2.21. The molecule has 0 aliphatic carbocycles. The molecule has 18 heavy (non-hydrogen) atoms. The maximum atomic E-state index is 11.1. The third kappa shape index (κ3) is 2.54. The zero-order valence-corrected chi connectivity index (χ0v) is 11.4. The van der Waals surface area contributed by atoms with E-state index in [2.05, 4.69) is 17.5 Å². The lowest BCUT2D eigenvalue weighted by Crippen LogP contribution is -2.37. The molecule has 96 valence electrons. The first-order valence-corrected chi connectivity index (χ1v) is 6.89. The summed E-state index contributed by atoms with van der Waals surface area (Å²) in [7, 11) is 1.87. The summed E-state index contributed by atoms with van der Waals surface area (Å²) in [5.74, 6) is -0.750. The molecule has 1 aromatic heterocycles. The van der Waals surface area contributed by atoms with Gasteiger partial charge in [-0.05, 0) is 35.9 Å². The van der Waals surface area contributed by atoms with E-state index in [0.29, 0.717) is 13.0 Å². The fourth-order valence-corrected chi connectivity index (χ4v) is 3.16. The second-order valence-electron chi connectivity index (χ2n) is 4.43. The summed E-state index contributed by atoms with van der Waals surface area (Å²) in [5, 5.41) is 12.5. The molecule has 3 nitrogen and oxygen atoms in total. The van der Waals surface area contributed by atoms with E-state index in [1.807, 2.05) is 31.0 Å². The summed E-state index contributed by atoms with van der Waals surface area (Å²) in [4.78, 5) is 13.0. The minimum atomic E-state index is -0.750. The predicted octanol–water partition coefficient (Wildman–Crippen LogP) is 3.20. The van der Waals surface area contributed by atoms with Gasteiger partial charge in [-0.2, -0.15) is 0 Å². The number of rotatable bonds is 5. The average molecular weight is 263 g/mol. The topological polar surface area (TPSA) is 40.5 Å². The van der Waals surface area contributed by atoms with Crippen LogP contribution >= 0.6 is 11.3 Å². The third-order valence-corrected chi connectivity index (χ3v) is 4.20. The molecular weight excluding hydrogens is 246 g/mol. The quantitative estimate of drug-likeness (QED) is 0.900. The van der Waals surface area contributed by atoms with E-state index in [-0.39, 0.29) is 0 Å². The van der Waals surface area contributed by atoms with Gasteiger partial charge < -0.3 is 5.11 Å². The number of hydrogen-bond donors (Lipinski definition) is 1. The zero-order valence-electron chi connectivity index (χ0n) is 10.6. The van der Waals surface area contributed by atoms with Crippen LogP contribution in [0.1, 0.15) is 18.9 Å². The van der Waals surface area contributed by atoms with Gasteiger partial charge in [-0.15, -0.1) is 11.3 Å². The second-order valence-corrected chi connectivity index (χ2v) is 5.35. The molecule has 0 fully saturated rings. The number of likely N-dealkylation sites (N-methyl/N-ethyl adjacent to an activating group) is 1. The van der Waals surface area contributed by atoms with Crippen LogP contribution in [0.3, 0.4) is 0 Å². The van der Waals surface area contributed by atoms with Gasteiger partial charge in [-0.25, -0.2) is 0 Å². The number of carboxylic acids is 1. The van der Waals surface area contributed by atoms with Crippen LogP contribution < -0.4 is 0 Å². The molecule has 1 atom stereocenters. The Kier molecular flexibility index (Phi) is 3.99. The molecule has 1 N–H and O–H groups in total. The Morgan fingerprint density at radius 1 is 1.44 bits per heavy atom. The number of benzene rings is 1. The van der Waals surface area contributed by atoms with Gasteiger partial charge in [-0.3, -0.25) is 9.69 Å². The van der Waals surface area contributed by atoms with E-state index < -0.39 is 12.0 Å². The lowest BCUT2D eigenvalue weighted by Gasteiger charge is -2.23. The van der Waals surface area contributed by atoms with Crippen molar-refractivity contribution in [1.29, 1.82) is 0 Å². The second kappa shape index (κ2) is 5.50. The van der Waals surface area contributed by atoms with Gasteiger partial charge in [0, 0.05) is 11.2 Å². The van der Waals surface area contributed by atoms with E-state index in [1.165, 1.54) is 15.6 Å². The number of hydrogen-bond acceptors (Lipinski definition) is 3. The van der Waals surface area contributed by atoms with Crippen molar-refractivity contribution in [3.8, 4) is 0 Å². The zero-order chi connectivity index (χ0) is 13.1. The molecule has 0 radical (unpaired) electrons. The number of carbonyl (C=O) groups is 1. The monoisotopic (exact) mass is 263 g/mol. The van der Waals surface area contributed by atoms with Crippen LogP contribution in [0.4, 0.5) is 0 Å². The Hall–Kier alpha value is -1.39. The predicted molar refractivity (Wildman–Crippen MR) is 75.0 cm³/mol. The highest BCUT2D eigenvalue weighted by Crippen LogP contribution is 2.26. The SMILES string of the molecule is CCC(C(=O)O)N(C)Cc1csc2ccccc12. The van der Waals surface area contributed by atoms with Crippen molar-refractivity contribution in [1.82, 2.24) is 4.90 Å². The van der Waals surface area contributed by atoms with E-state index in [9.17, 15) is 4.79 Å². The molecule has 0 amide bonds. The normalized spacial score (nSPS) is 13.1. The summed E-state index contributed by atoms with van der Waals surface area (Å²) in [6.45, 7) is 2.58. The van der Waals surface area contributed by atoms with Crippen molar-refractivity contribution in [2.45, 2.75) is 25.9 Å². The first-order valence-electron chi connectivity index (χ1n) is 6.01. The van der Waals surface area contributed by atoms with Crippen molar-refractivity contribution >= 4 is 27.4 Å². The van der Waals surface area contributed by atoms with E-state index >= 15 is 0 Å². The van der Waals surface area contributed by atoms with Gasteiger partial charge >= 0.3 is 5.97 Å².